The van der Waals surface area contributed by atoms with E-state index in [1.165, 1.54) is 21.8 Å². The van der Waals surface area contributed by atoms with Crippen LogP contribution in [0.4, 0.5) is 13.2 Å². The highest BCUT2D eigenvalue weighted by atomic mass is 35.5. The number of carboxylic acids is 1. The van der Waals surface area contributed by atoms with Crippen molar-refractivity contribution >= 4 is 35.2 Å². The quantitative estimate of drug-likeness (QED) is 0.330. The summed E-state index contributed by atoms with van der Waals surface area (Å²) in [7, 11) is 0. The van der Waals surface area contributed by atoms with E-state index in [0.717, 1.165) is 23.6 Å². The van der Waals surface area contributed by atoms with Gasteiger partial charge in [0.25, 0.3) is 5.91 Å². The number of amides is 1. The third kappa shape index (κ3) is 5.67. The Morgan fingerprint density at radius 1 is 1.09 bits per heavy atom. The van der Waals surface area contributed by atoms with Crippen molar-refractivity contribution in [2.45, 2.75) is 48.5 Å². The lowest BCUT2D eigenvalue weighted by molar-refractivity contribution is -0.204. The smallest absolute Gasteiger partial charge is 0.408 e. The first kappa shape index (κ1) is 31.0. The molecule has 3 heterocycles. The molecule has 6 rings (SSSR count). The number of aliphatic hydroxyl groups is 1. The first-order valence-electron chi connectivity index (χ1n) is 13.9. The van der Waals surface area contributed by atoms with Crippen molar-refractivity contribution < 1.29 is 37.7 Å². The van der Waals surface area contributed by atoms with E-state index in [1.54, 1.807) is 48.5 Å². The van der Waals surface area contributed by atoms with Crippen LogP contribution >= 0.6 is 23.4 Å². The third-order valence-corrected chi connectivity index (χ3v) is 9.51. The van der Waals surface area contributed by atoms with Gasteiger partial charge in [0.2, 0.25) is 0 Å². The normalized spacial score (nSPS) is 20.9. The van der Waals surface area contributed by atoms with Crippen molar-refractivity contribution in [3.63, 3.8) is 0 Å². The summed E-state index contributed by atoms with van der Waals surface area (Å²) in [6.07, 6.45) is -5.66. The van der Waals surface area contributed by atoms with Gasteiger partial charge in [-0.1, -0.05) is 72.3 Å². The molecule has 3 aromatic rings. The number of hydrazine groups is 1. The van der Waals surface area contributed by atoms with Gasteiger partial charge in [-0.15, -0.1) is 11.8 Å². The van der Waals surface area contributed by atoms with Crippen molar-refractivity contribution in [1.29, 1.82) is 0 Å². The van der Waals surface area contributed by atoms with Crippen LogP contribution in [-0.2, 0) is 26.7 Å². The number of fused-ring (bicyclic) bond motifs is 3. The van der Waals surface area contributed by atoms with Crippen LogP contribution in [0.5, 0.6) is 0 Å². The van der Waals surface area contributed by atoms with Crippen LogP contribution in [0.3, 0.4) is 0 Å². The number of hydrogen-bond acceptors (Lipinski definition) is 7. The Kier molecular flexibility index (Phi) is 8.33. The average molecular weight is 658 g/mol. The molecular weight excluding hydrogens is 631 g/mol. The van der Waals surface area contributed by atoms with Crippen molar-refractivity contribution in [3.8, 4) is 0 Å². The molecule has 1 amide bonds. The van der Waals surface area contributed by atoms with E-state index >= 15 is 0 Å². The van der Waals surface area contributed by atoms with E-state index in [4.69, 9.17) is 16.3 Å². The number of hydrogen-bond donors (Lipinski definition) is 2. The maximum absolute atomic E-state index is 14.3. The molecule has 0 radical (unpaired) electrons. The van der Waals surface area contributed by atoms with E-state index in [0.29, 0.717) is 32.4 Å². The van der Waals surface area contributed by atoms with E-state index in [9.17, 15) is 33.0 Å². The minimum absolute atomic E-state index is 0.183. The van der Waals surface area contributed by atoms with Crippen molar-refractivity contribution in [2.24, 2.45) is 0 Å². The molecule has 1 unspecified atom stereocenters. The van der Waals surface area contributed by atoms with Crippen LogP contribution in [0.1, 0.15) is 35.2 Å². The number of nitrogens with zero attached hydrogens (tertiary/aromatic N) is 3. The summed E-state index contributed by atoms with van der Waals surface area (Å²) in [5.74, 6) is -2.52. The highest BCUT2D eigenvalue weighted by Crippen LogP contribution is 2.48. The fraction of sp³-hybridized carbons (Fsp3) is 0.250. The number of carbonyl (C=O) groups is 2. The summed E-state index contributed by atoms with van der Waals surface area (Å²) in [5, 5.41) is 24.4. The molecule has 0 aliphatic carbocycles. The van der Waals surface area contributed by atoms with Gasteiger partial charge in [-0.2, -0.15) is 18.2 Å². The number of alkyl halides is 3. The summed E-state index contributed by atoms with van der Waals surface area (Å²) >= 11 is 8.35. The maximum Gasteiger partial charge on any atom is 0.408 e. The number of halogens is 4. The highest BCUT2D eigenvalue weighted by Gasteiger charge is 2.52. The Balaban J connectivity index is 1.59. The minimum Gasteiger partial charge on any atom is -0.488 e. The zero-order valence-electron chi connectivity index (χ0n) is 23.7. The number of aliphatic carboxylic acids is 1. The summed E-state index contributed by atoms with van der Waals surface area (Å²) < 4.78 is 48.8. The van der Waals surface area contributed by atoms with E-state index in [-0.39, 0.29) is 6.61 Å². The number of aliphatic hydroxyl groups excluding tert-OH is 1. The maximum atomic E-state index is 14.3. The minimum atomic E-state index is -4.79. The number of carboxylic acid groups (broad SMARTS) is 1. The first-order valence-corrected chi connectivity index (χ1v) is 15.3. The number of benzene rings is 3. The van der Waals surface area contributed by atoms with Crippen molar-refractivity contribution in [2.75, 3.05) is 6.67 Å². The molecule has 3 aliphatic rings. The molecule has 0 spiro atoms. The van der Waals surface area contributed by atoms with Gasteiger partial charge in [0.15, 0.2) is 11.5 Å². The Morgan fingerprint density at radius 2 is 1.80 bits per heavy atom. The Morgan fingerprint density at radius 3 is 2.51 bits per heavy atom. The second-order valence-corrected chi connectivity index (χ2v) is 12.2. The largest absolute Gasteiger partial charge is 0.488 e. The molecule has 13 heteroatoms. The predicted molar refractivity (Wildman–Crippen MR) is 160 cm³/mol. The van der Waals surface area contributed by atoms with Crippen LogP contribution in [-0.4, -0.2) is 62.0 Å². The topological polar surface area (TPSA) is 93.6 Å². The number of rotatable bonds is 6. The zero-order valence-corrected chi connectivity index (χ0v) is 25.3. The number of carbonyl (C=O) groups excluding carboxylic acids is 1. The molecule has 0 aromatic heterocycles. The monoisotopic (exact) mass is 657 g/mol. The van der Waals surface area contributed by atoms with Gasteiger partial charge < -0.3 is 19.8 Å². The molecule has 2 N–H and O–H groups in total. The van der Waals surface area contributed by atoms with Gasteiger partial charge >= 0.3 is 12.1 Å². The Labute approximate surface area is 265 Å². The molecule has 0 saturated carbocycles. The van der Waals surface area contributed by atoms with Gasteiger partial charge in [0.1, 0.15) is 18.8 Å². The van der Waals surface area contributed by atoms with Crippen molar-refractivity contribution in [1.82, 2.24) is 14.9 Å². The molecule has 8 nitrogen and oxygen atoms in total. The molecule has 3 atom stereocenters. The lowest BCUT2D eigenvalue weighted by atomic mass is 9.93. The van der Waals surface area contributed by atoms with Crippen LogP contribution < -0.4 is 0 Å². The highest BCUT2D eigenvalue weighted by molar-refractivity contribution is 7.98. The van der Waals surface area contributed by atoms with E-state index in [1.807, 2.05) is 24.3 Å². The molecule has 3 aromatic carbocycles. The summed E-state index contributed by atoms with van der Waals surface area (Å²) in [4.78, 5) is 28.0. The molecule has 234 valence electrons. The summed E-state index contributed by atoms with van der Waals surface area (Å²) in [5.41, 5.74) is 1.82. The molecule has 1 fully saturated rings. The van der Waals surface area contributed by atoms with E-state index in [2.05, 4.69) is 0 Å². The number of ether oxygens (including phenoxy) is 1. The second-order valence-electron chi connectivity index (χ2n) is 10.7. The molecular formula is C32H27ClF3N3O5S. The van der Waals surface area contributed by atoms with E-state index < -0.39 is 59.9 Å². The van der Waals surface area contributed by atoms with Gasteiger partial charge in [-0.3, -0.25) is 9.80 Å². The molecule has 3 aliphatic heterocycles. The van der Waals surface area contributed by atoms with Crippen LogP contribution in [0, 0.1) is 0 Å². The second kappa shape index (κ2) is 12.1. The van der Waals surface area contributed by atoms with Gasteiger partial charge in [-0.25, -0.2) is 4.79 Å². The fourth-order valence-corrected chi connectivity index (χ4v) is 7.07. The fourth-order valence-electron chi connectivity index (χ4n) is 5.69. The summed E-state index contributed by atoms with van der Waals surface area (Å²) in [6, 6.07) is 18.3. The lowest BCUT2D eigenvalue weighted by Gasteiger charge is -2.51. The lowest BCUT2D eigenvalue weighted by Crippen LogP contribution is -2.63. The number of thioether (sulfide) groups is 1. The Bertz CT molecular complexity index is 1720. The third-order valence-electron chi connectivity index (χ3n) is 8.04. The van der Waals surface area contributed by atoms with Gasteiger partial charge in [-0.05, 0) is 41.3 Å². The first-order chi connectivity index (χ1) is 21.5. The standard InChI is InChI=1S/C32H27ClF3N3O5S/c1-18(32(34,35)36)37-17-39(26-21-11-5-6-13-24(21)45-16-20-10-7-12-23(33)25(20)26)38-14-22(31(42)43)28(40)29(27(38)30(37)41)44-15-19-8-3-2-4-9-19/h2-14,18,26,28,40H,15-17H2,1H3,(H,42,43)/t18-,26-,28?/m1/s1. The van der Waals surface area contributed by atoms with Crippen LogP contribution in [0.2, 0.25) is 5.02 Å². The van der Waals surface area contributed by atoms with Crippen LogP contribution in [0.15, 0.2) is 101 Å². The molecule has 45 heavy (non-hydrogen) atoms. The summed E-state index contributed by atoms with van der Waals surface area (Å²) in [6.45, 7) is 0.117. The van der Waals surface area contributed by atoms with Crippen LogP contribution in [0.25, 0.3) is 0 Å². The SMILES string of the molecule is C[C@@H](N1CN([C@@H]2c3ccccc3SCc3cccc(Cl)c32)N2C=C(C(=O)O)C(O)C(OCc3ccccc3)=C2C1=O)C(F)(F)F. The predicted octanol–water partition coefficient (Wildman–Crippen LogP) is 6.08. The molecule has 0 bridgehead atoms. The zero-order chi connectivity index (χ0) is 32.0. The van der Waals surface area contributed by atoms with Crippen molar-refractivity contribution in [3.05, 3.63) is 123 Å². The van der Waals surface area contributed by atoms with Gasteiger partial charge in [0.05, 0.1) is 18.3 Å². The molecule has 1 saturated heterocycles. The Hall–Kier alpha value is -3.97. The van der Waals surface area contributed by atoms with Gasteiger partial charge in [0, 0.05) is 21.9 Å². The average Bonchev–Trinajstić information content (AvgIpc) is 3.18.